The maximum Gasteiger partial charge on any atom is 0.261 e. The molecule has 0 fully saturated rings. The maximum atomic E-state index is 12.9. The first-order valence-electron chi connectivity index (χ1n) is 10.2. The van der Waals surface area contributed by atoms with Gasteiger partial charge in [-0.1, -0.05) is 42.0 Å². The Balaban J connectivity index is 1.53. The van der Waals surface area contributed by atoms with Crippen molar-refractivity contribution in [2.24, 2.45) is 0 Å². The summed E-state index contributed by atoms with van der Waals surface area (Å²) in [7, 11) is -3.25. The smallest absolute Gasteiger partial charge is 0.261 e. The number of hydrogen-bond donors (Lipinski definition) is 1. The summed E-state index contributed by atoms with van der Waals surface area (Å²) < 4.78 is 25.2. The quantitative estimate of drug-likeness (QED) is 0.447. The Hall–Kier alpha value is -2.97. The van der Waals surface area contributed by atoms with Crippen LogP contribution in [0.25, 0.3) is 10.2 Å². The van der Waals surface area contributed by atoms with Crippen LogP contribution in [-0.4, -0.2) is 30.4 Å². The summed E-state index contributed by atoms with van der Waals surface area (Å²) in [5.41, 5.74) is 4.11. The van der Waals surface area contributed by atoms with Gasteiger partial charge in [0.1, 0.15) is 4.83 Å². The number of amides is 1. The number of hydrogen-bond acceptors (Lipinski definition) is 5. The van der Waals surface area contributed by atoms with Crippen LogP contribution in [-0.2, 0) is 16.4 Å². The lowest BCUT2D eigenvalue weighted by atomic mass is 10.1. The van der Waals surface area contributed by atoms with Crippen LogP contribution in [0.2, 0.25) is 0 Å². The van der Waals surface area contributed by atoms with E-state index in [2.05, 4.69) is 41.6 Å². The number of fused-ring (bicyclic) bond motifs is 1. The summed E-state index contributed by atoms with van der Waals surface area (Å²) in [5.74, 6) is -0.160. The fourth-order valence-electron chi connectivity index (χ4n) is 3.55. The molecule has 1 amide bonds. The van der Waals surface area contributed by atoms with E-state index in [1.807, 2.05) is 24.6 Å². The van der Waals surface area contributed by atoms with Crippen molar-refractivity contribution in [1.82, 2.24) is 15.1 Å². The van der Waals surface area contributed by atoms with E-state index < -0.39 is 9.84 Å². The maximum absolute atomic E-state index is 12.9. The fraction of sp³-hybridized carbons (Fsp3) is 0.250. The van der Waals surface area contributed by atoms with Gasteiger partial charge in [-0.05, 0) is 50.1 Å². The Labute approximate surface area is 191 Å². The number of aryl methyl sites for hydroxylation is 2. The molecular weight excluding hydrogens is 442 g/mol. The van der Waals surface area contributed by atoms with E-state index in [0.717, 1.165) is 27.0 Å². The van der Waals surface area contributed by atoms with Gasteiger partial charge in [0.25, 0.3) is 5.91 Å². The van der Waals surface area contributed by atoms with Gasteiger partial charge in [0.2, 0.25) is 0 Å². The minimum atomic E-state index is -3.25. The molecule has 4 aromatic rings. The molecule has 1 N–H and O–H groups in total. The zero-order valence-corrected chi connectivity index (χ0v) is 20.0. The second-order valence-corrected chi connectivity index (χ2v) is 11.1. The van der Waals surface area contributed by atoms with Crippen LogP contribution in [0.3, 0.4) is 0 Å². The van der Waals surface area contributed by atoms with Gasteiger partial charge in [0.05, 0.1) is 28.1 Å². The molecule has 0 radical (unpaired) electrons. The van der Waals surface area contributed by atoms with E-state index in [1.54, 1.807) is 24.3 Å². The van der Waals surface area contributed by atoms with E-state index in [-0.39, 0.29) is 16.8 Å². The molecule has 4 rings (SSSR count). The van der Waals surface area contributed by atoms with Crippen LogP contribution >= 0.6 is 11.3 Å². The average molecular weight is 468 g/mol. The lowest BCUT2D eigenvalue weighted by Gasteiger charge is -2.14. The lowest BCUT2D eigenvalue weighted by molar-refractivity contribution is 0.0944. The molecule has 0 bridgehead atoms. The molecule has 0 aliphatic rings. The molecule has 0 spiro atoms. The van der Waals surface area contributed by atoms with Gasteiger partial charge in [-0.25, -0.2) is 8.42 Å². The monoisotopic (exact) mass is 467 g/mol. The number of benzene rings is 2. The summed E-state index contributed by atoms with van der Waals surface area (Å²) in [6, 6.07) is 16.6. The van der Waals surface area contributed by atoms with Crippen molar-refractivity contribution in [1.29, 1.82) is 0 Å². The Bertz CT molecular complexity index is 1380. The molecular formula is C24H25N3O3S2. The van der Waals surface area contributed by atoms with Crippen LogP contribution < -0.4 is 5.32 Å². The largest absolute Gasteiger partial charge is 0.345 e. The number of thiophene rings is 1. The van der Waals surface area contributed by atoms with E-state index >= 15 is 0 Å². The molecule has 0 aliphatic heterocycles. The molecule has 32 heavy (non-hydrogen) atoms. The van der Waals surface area contributed by atoms with Crippen molar-refractivity contribution < 1.29 is 13.2 Å². The third-order valence-electron chi connectivity index (χ3n) is 5.44. The molecule has 2 aromatic heterocycles. The highest BCUT2D eigenvalue weighted by Gasteiger charge is 2.19. The summed E-state index contributed by atoms with van der Waals surface area (Å²) >= 11 is 1.43. The Morgan fingerprint density at radius 2 is 1.75 bits per heavy atom. The molecule has 1 atom stereocenters. The zero-order valence-electron chi connectivity index (χ0n) is 18.4. The SMILES string of the molecule is Cc1ccc(Cn2nc(C)c3cc(C(=O)N[C@H](C)c4ccc(S(C)(=O)=O)cc4)sc32)cc1. The second kappa shape index (κ2) is 8.52. The van der Waals surface area contributed by atoms with Gasteiger partial charge in [0, 0.05) is 11.6 Å². The number of nitrogens with zero attached hydrogens (tertiary/aromatic N) is 2. The van der Waals surface area contributed by atoms with Crippen LogP contribution in [0.1, 0.15) is 45.0 Å². The van der Waals surface area contributed by atoms with Crippen molar-refractivity contribution in [3.63, 3.8) is 0 Å². The molecule has 6 nitrogen and oxygen atoms in total. The number of nitrogens with one attached hydrogen (secondary N) is 1. The Morgan fingerprint density at radius 3 is 2.38 bits per heavy atom. The molecule has 0 aliphatic carbocycles. The molecule has 0 unspecified atom stereocenters. The molecule has 166 valence electrons. The average Bonchev–Trinajstić information content (AvgIpc) is 3.30. The topological polar surface area (TPSA) is 81.1 Å². The van der Waals surface area contributed by atoms with E-state index in [0.29, 0.717) is 11.4 Å². The van der Waals surface area contributed by atoms with Gasteiger partial charge < -0.3 is 5.32 Å². The number of aromatic nitrogens is 2. The second-order valence-electron chi connectivity index (χ2n) is 8.09. The predicted molar refractivity (Wildman–Crippen MR) is 128 cm³/mol. The van der Waals surface area contributed by atoms with E-state index in [4.69, 9.17) is 0 Å². The first-order valence-corrected chi connectivity index (χ1v) is 13.0. The van der Waals surface area contributed by atoms with Gasteiger partial charge in [-0.2, -0.15) is 5.10 Å². The molecule has 2 heterocycles. The van der Waals surface area contributed by atoms with E-state index in [9.17, 15) is 13.2 Å². The number of rotatable bonds is 6. The molecule has 0 saturated carbocycles. The van der Waals surface area contributed by atoms with Crippen LogP contribution in [0.4, 0.5) is 0 Å². The molecule has 8 heteroatoms. The summed E-state index contributed by atoms with van der Waals surface area (Å²) in [6.45, 7) is 6.54. The Morgan fingerprint density at radius 1 is 1.09 bits per heavy atom. The van der Waals surface area contributed by atoms with Crippen molar-refractivity contribution in [3.8, 4) is 0 Å². The minimum Gasteiger partial charge on any atom is -0.345 e. The van der Waals surface area contributed by atoms with Crippen molar-refractivity contribution in [2.75, 3.05) is 6.26 Å². The highest BCUT2D eigenvalue weighted by Crippen LogP contribution is 2.29. The fourth-order valence-corrected chi connectivity index (χ4v) is 5.25. The van der Waals surface area contributed by atoms with Crippen molar-refractivity contribution >= 4 is 37.3 Å². The number of sulfone groups is 1. The first kappa shape index (κ1) is 22.2. The van der Waals surface area contributed by atoms with Crippen LogP contribution in [0.15, 0.2) is 59.5 Å². The van der Waals surface area contributed by atoms with Crippen LogP contribution in [0.5, 0.6) is 0 Å². The first-order chi connectivity index (χ1) is 15.1. The Kier molecular flexibility index (Phi) is 5.92. The summed E-state index contributed by atoms with van der Waals surface area (Å²) in [4.78, 5) is 14.8. The van der Waals surface area contributed by atoms with Gasteiger partial charge in [0.15, 0.2) is 9.84 Å². The standard InChI is InChI=1S/C24H25N3O3S2/c1-15-5-7-18(8-6-15)14-27-24-21(17(3)26-27)13-22(31-24)23(28)25-16(2)19-9-11-20(12-10-19)32(4,29)30/h5-13,16H,14H2,1-4H3,(H,25,28)/t16-/m1/s1. The third kappa shape index (κ3) is 4.61. The van der Waals surface area contributed by atoms with Crippen LogP contribution in [0, 0.1) is 13.8 Å². The molecule has 2 aromatic carbocycles. The highest BCUT2D eigenvalue weighted by atomic mass is 32.2. The normalized spacial score (nSPS) is 12.8. The van der Waals surface area contributed by atoms with Crippen molar-refractivity contribution in [3.05, 3.63) is 81.9 Å². The number of carbonyl (C=O) groups excluding carboxylic acids is 1. The third-order valence-corrected chi connectivity index (χ3v) is 7.72. The summed E-state index contributed by atoms with van der Waals surface area (Å²) in [5, 5.41) is 8.64. The van der Waals surface area contributed by atoms with E-state index in [1.165, 1.54) is 23.2 Å². The van der Waals surface area contributed by atoms with Crippen molar-refractivity contribution in [2.45, 2.75) is 38.3 Å². The highest BCUT2D eigenvalue weighted by molar-refractivity contribution is 7.90. The molecule has 0 saturated heterocycles. The summed E-state index contributed by atoms with van der Waals surface area (Å²) in [6.07, 6.45) is 1.18. The van der Waals surface area contributed by atoms with Gasteiger partial charge in [-0.15, -0.1) is 11.3 Å². The predicted octanol–water partition coefficient (Wildman–Crippen LogP) is 4.66. The van der Waals surface area contributed by atoms with Gasteiger partial charge in [-0.3, -0.25) is 9.48 Å². The minimum absolute atomic E-state index is 0.160. The lowest BCUT2D eigenvalue weighted by Crippen LogP contribution is -2.25. The number of carbonyl (C=O) groups is 1. The van der Waals surface area contributed by atoms with Gasteiger partial charge >= 0.3 is 0 Å². The zero-order chi connectivity index (χ0) is 23.0.